The van der Waals surface area contributed by atoms with E-state index in [1.807, 2.05) is 36.4 Å². The fourth-order valence-electron chi connectivity index (χ4n) is 3.30. The number of halogens is 1. The van der Waals surface area contributed by atoms with Crippen molar-refractivity contribution in [2.75, 3.05) is 17.6 Å². The second-order valence-electron chi connectivity index (χ2n) is 6.93. The molecule has 1 aromatic carbocycles. The summed E-state index contributed by atoms with van der Waals surface area (Å²) in [6.45, 7) is 2.48. The first-order valence-electron chi connectivity index (χ1n) is 9.28. The van der Waals surface area contributed by atoms with Crippen LogP contribution in [-0.4, -0.2) is 37.0 Å². The smallest absolute Gasteiger partial charge is 0.211 e. The van der Waals surface area contributed by atoms with Crippen LogP contribution in [0, 0.1) is 5.92 Å². The molecule has 0 aliphatic heterocycles. The van der Waals surface area contributed by atoms with Gasteiger partial charge in [0.25, 0.3) is 0 Å². The van der Waals surface area contributed by atoms with Gasteiger partial charge in [-0.15, -0.1) is 10.2 Å². The molecule has 1 saturated carbocycles. The molecule has 0 atom stereocenters. The molecular weight excluding hydrogens is 384 g/mol. The molecule has 1 heterocycles. The van der Waals surface area contributed by atoms with Crippen LogP contribution in [-0.2, 0) is 10.0 Å². The maximum Gasteiger partial charge on any atom is 0.211 e. The Balaban J connectivity index is 1.47. The maximum absolute atomic E-state index is 11.7. The molecule has 3 rings (SSSR count). The van der Waals surface area contributed by atoms with Gasteiger partial charge in [-0.05, 0) is 62.8 Å². The highest BCUT2D eigenvalue weighted by molar-refractivity contribution is 7.89. The highest BCUT2D eigenvalue weighted by Gasteiger charge is 2.24. The van der Waals surface area contributed by atoms with E-state index in [0.29, 0.717) is 10.9 Å². The Hall–Kier alpha value is -1.70. The molecule has 2 aromatic rings. The average molecular weight is 409 g/mol. The van der Waals surface area contributed by atoms with Crippen LogP contribution in [0.1, 0.15) is 32.6 Å². The van der Waals surface area contributed by atoms with Gasteiger partial charge in [-0.2, -0.15) is 0 Å². The average Bonchev–Trinajstić information content (AvgIpc) is 2.68. The normalized spacial score (nSPS) is 20.4. The van der Waals surface area contributed by atoms with Crippen molar-refractivity contribution in [3.63, 3.8) is 0 Å². The number of nitrogens with one attached hydrogen (secondary N) is 2. The minimum absolute atomic E-state index is 0.0722. The topological polar surface area (TPSA) is 84.0 Å². The van der Waals surface area contributed by atoms with E-state index in [2.05, 4.69) is 20.2 Å². The zero-order chi connectivity index (χ0) is 19.3. The molecule has 0 radical (unpaired) electrons. The first kappa shape index (κ1) is 20.0. The predicted octanol–water partition coefficient (Wildman–Crippen LogP) is 3.71. The number of sulfonamides is 1. The van der Waals surface area contributed by atoms with E-state index in [4.69, 9.17) is 11.6 Å². The van der Waals surface area contributed by atoms with Crippen LogP contribution in [0.15, 0.2) is 36.4 Å². The van der Waals surface area contributed by atoms with E-state index in [1.54, 1.807) is 6.92 Å². The Morgan fingerprint density at radius 3 is 2.52 bits per heavy atom. The fourth-order valence-corrected chi connectivity index (χ4v) is 4.40. The summed E-state index contributed by atoms with van der Waals surface area (Å²) < 4.78 is 26.1. The van der Waals surface area contributed by atoms with Gasteiger partial charge in [-0.3, -0.25) is 0 Å². The number of benzene rings is 1. The first-order valence-corrected chi connectivity index (χ1v) is 11.3. The first-order chi connectivity index (χ1) is 12.9. The van der Waals surface area contributed by atoms with Crippen molar-refractivity contribution in [3.8, 4) is 11.3 Å². The van der Waals surface area contributed by atoms with Crippen LogP contribution in [0.2, 0.25) is 5.02 Å². The van der Waals surface area contributed by atoms with Crippen LogP contribution in [0.4, 0.5) is 5.82 Å². The summed E-state index contributed by atoms with van der Waals surface area (Å²) in [6, 6.07) is 11.5. The third-order valence-corrected chi connectivity index (χ3v) is 6.62. The zero-order valence-corrected chi connectivity index (χ0v) is 16.9. The van der Waals surface area contributed by atoms with Gasteiger partial charge in [0, 0.05) is 23.2 Å². The Morgan fingerprint density at radius 2 is 1.89 bits per heavy atom. The second kappa shape index (κ2) is 8.99. The molecule has 0 saturated heterocycles. The van der Waals surface area contributed by atoms with E-state index >= 15 is 0 Å². The second-order valence-corrected chi connectivity index (χ2v) is 9.41. The molecule has 0 bridgehead atoms. The summed E-state index contributed by atoms with van der Waals surface area (Å²) in [7, 11) is -3.11. The van der Waals surface area contributed by atoms with Gasteiger partial charge in [-0.1, -0.05) is 23.7 Å². The molecule has 1 aliphatic carbocycles. The summed E-state index contributed by atoms with van der Waals surface area (Å²) in [4.78, 5) is 0. The number of hydrogen-bond donors (Lipinski definition) is 2. The van der Waals surface area contributed by atoms with Gasteiger partial charge in [0.2, 0.25) is 10.0 Å². The van der Waals surface area contributed by atoms with E-state index < -0.39 is 10.0 Å². The lowest BCUT2D eigenvalue weighted by atomic mass is 9.86. The van der Waals surface area contributed by atoms with E-state index in [0.717, 1.165) is 49.3 Å². The molecule has 6 nitrogen and oxygen atoms in total. The van der Waals surface area contributed by atoms with E-state index in [9.17, 15) is 8.42 Å². The molecule has 2 N–H and O–H groups in total. The molecule has 8 heteroatoms. The van der Waals surface area contributed by atoms with Crippen molar-refractivity contribution in [2.45, 2.75) is 38.6 Å². The summed E-state index contributed by atoms with van der Waals surface area (Å²) in [5, 5.41) is 12.5. The molecule has 27 heavy (non-hydrogen) atoms. The Morgan fingerprint density at radius 1 is 1.11 bits per heavy atom. The highest BCUT2D eigenvalue weighted by Crippen LogP contribution is 2.25. The Bertz CT molecular complexity index is 850. The molecule has 146 valence electrons. The monoisotopic (exact) mass is 408 g/mol. The number of anilines is 1. The lowest BCUT2D eigenvalue weighted by Crippen LogP contribution is -2.39. The van der Waals surface area contributed by atoms with Gasteiger partial charge < -0.3 is 5.32 Å². The van der Waals surface area contributed by atoms with E-state index in [1.165, 1.54) is 0 Å². The quantitative estimate of drug-likeness (QED) is 0.729. The van der Waals surface area contributed by atoms with Crippen molar-refractivity contribution in [1.29, 1.82) is 0 Å². The van der Waals surface area contributed by atoms with Crippen LogP contribution in [0.25, 0.3) is 11.3 Å². The molecule has 0 unspecified atom stereocenters. The van der Waals surface area contributed by atoms with Gasteiger partial charge in [-0.25, -0.2) is 13.1 Å². The van der Waals surface area contributed by atoms with Gasteiger partial charge in [0.05, 0.1) is 11.4 Å². The zero-order valence-electron chi connectivity index (χ0n) is 15.4. The standard InChI is InChI=1S/C19H25ClN4O2S/c1-2-27(25,26)24-17-8-6-14(7-9-17)13-21-19-11-10-18(22-23-19)15-4-3-5-16(20)12-15/h3-5,10-12,14,17,24H,2,6-9,13H2,1H3,(H,21,23)/t14-,17-. The summed E-state index contributed by atoms with van der Waals surface area (Å²) >= 11 is 6.02. The lowest BCUT2D eigenvalue weighted by molar-refractivity contribution is 0.324. The third kappa shape index (κ3) is 5.89. The lowest BCUT2D eigenvalue weighted by Gasteiger charge is -2.29. The highest BCUT2D eigenvalue weighted by atomic mass is 35.5. The molecule has 0 amide bonds. The summed E-state index contributed by atoms with van der Waals surface area (Å²) in [5.74, 6) is 1.40. The maximum atomic E-state index is 11.7. The number of hydrogen-bond acceptors (Lipinski definition) is 5. The van der Waals surface area contributed by atoms with Gasteiger partial charge >= 0.3 is 0 Å². The van der Waals surface area contributed by atoms with Crippen molar-refractivity contribution in [3.05, 3.63) is 41.4 Å². The third-order valence-electron chi connectivity index (χ3n) is 4.93. The van der Waals surface area contributed by atoms with Crippen molar-refractivity contribution in [2.24, 2.45) is 5.92 Å². The molecule has 1 aliphatic rings. The van der Waals surface area contributed by atoms with Crippen LogP contribution >= 0.6 is 11.6 Å². The molecule has 1 fully saturated rings. The summed E-state index contributed by atoms with van der Waals surface area (Å²) in [5.41, 5.74) is 1.72. The van der Waals surface area contributed by atoms with E-state index in [-0.39, 0.29) is 11.8 Å². The minimum Gasteiger partial charge on any atom is -0.368 e. The largest absolute Gasteiger partial charge is 0.368 e. The molecule has 0 spiro atoms. The minimum atomic E-state index is -3.11. The molecule has 1 aromatic heterocycles. The van der Waals surface area contributed by atoms with Crippen LogP contribution in [0.5, 0.6) is 0 Å². The van der Waals surface area contributed by atoms with Crippen LogP contribution in [0.3, 0.4) is 0 Å². The van der Waals surface area contributed by atoms with Crippen molar-refractivity contribution < 1.29 is 8.42 Å². The predicted molar refractivity (Wildman–Crippen MR) is 109 cm³/mol. The van der Waals surface area contributed by atoms with Crippen molar-refractivity contribution in [1.82, 2.24) is 14.9 Å². The molecular formula is C19H25ClN4O2S. The SMILES string of the molecule is CCS(=O)(=O)N[C@H]1CC[C@H](CNc2ccc(-c3cccc(Cl)c3)nn2)CC1. The van der Waals surface area contributed by atoms with Crippen molar-refractivity contribution >= 4 is 27.4 Å². The Kier molecular flexibility index (Phi) is 6.68. The van der Waals surface area contributed by atoms with Gasteiger partial charge in [0.15, 0.2) is 0 Å². The Labute approximate surface area is 165 Å². The number of aromatic nitrogens is 2. The van der Waals surface area contributed by atoms with Crippen LogP contribution < -0.4 is 10.0 Å². The van der Waals surface area contributed by atoms with Gasteiger partial charge in [0.1, 0.15) is 5.82 Å². The summed E-state index contributed by atoms with van der Waals surface area (Å²) in [6.07, 6.45) is 3.76. The number of rotatable bonds is 7. The number of nitrogens with zero attached hydrogens (tertiary/aromatic N) is 2. The fraction of sp³-hybridized carbons (Fsp3) is 0.474.